The predicted molar refractivity (Wildman–Crippen MR) is 76.9 cm³/mol. The van der Waals surface area contributed by atoms with Crippen LogP contribution in [-0.2, 0) is 0 Å². The van der Waals surface area contributed by atoms with Crippen molar-refractivity contribution in [3.8, 4) is 0 Å². The molecule has 0 aliphatic rings. The predicted octanol–water partition coefficient (Wildman–Crippen LogP) is 5.47. The first kappa shape index (κ1) is 16.8. The Morgan fingerprint density at radius 1 is 0.571 bits per heavy atom. The summed E-state index contributed by atoms with van der Waals surface area (Å²) in [5.74, 6) is 0. The zero-order valence-electron chi connectivity index (χ0n) is 11.8. The highest BCUT2D eigenvalue weighted by atomic mass is 28.3. The van der Waals surface area contributed by atoms with Gasteiger partial charge in [-0.05, 0) is 0 Å². The summed E-state index contributed by atoms with van der Waals surface area (Å²) in [4.78, 5) is 0. The summed E-state index contributed by atoms with van der Waals surface area (Å²) in [6, 6.07) is 2.96. The smallest absolute Gasteiger partial charge is 0.0442 e. The molecule has 0 aromatic rings. The molecule has 0 radical (unpaired) electrons. The van der Waals surface area contributed by atoms with Crippen molar-refractivity contribution in [1.82, 2.24) is 0 Å². The van der Waals surface area contributed by atoms with Crippen molar-refractivity contribution in [2.45, 2.75) is 78.1 Å². The SMILES string of the molecule is CCC[Si](C)(C)C.CCC[Si](C)(C)C. The highest BCUT2D eigenvalue weighted by Crippen LogP contribution is 2.09. The molecule has 0 nitrogen and oxygen atoms in total. The number of rotatable bonds is 4. The van der Waals surface area contributed by atoms with Crippen LogP contribution in [0, 0.1) is 0 Å². The summed E-state index contributed by atoms with van der Waals surface area (Å²) in [6.45, 7) is 19.0. The summed E-state index contributed by atoms with van der Waals surface area (Å²) < 4.78 is 0. The molecule has 0 atom stereocenters. The Bertz CT molecular complexity index is 101. The van der Waals surface area contributed by atoms with E-state index in [4.69, 9.17) is 0 Å². The van der Waals surface area contributed by atoms with Crippen LogP contribution in [-0.4, -0.2) is 16.1 Å². The normalized spacial score (nSPS) is 12.0. The zero-order valence-corrected chi connectivity index (χ0v) is 13.8. The second-order valence-corrected chi connectivity index (χ2v) is 17.9. The van der Waals surface area contributed by atoms with E-state index in [1.807, 2.05) is 0 Å². The molecule has 0 amide bonds. The van der Waals surface area contributed by atoms with Gasteiger partial charge in [0.25, 0.3) is 0 Å². The molecule has 0 rings (SSSR count). The van der Waals surface area contributed by atoms with Gasteiger partial charge in [-0.2, -0.15) is 0 Å². The Morgan fingerprint density at radius 2 is 0.786 bits per heavy atom. The summed E-state index contributed by atoms with van der Waals surface area (Å²) in [5, 5.41) is 0. The van der Waals surface area contributed by atoms with Gasteiger partial charge in [-0.15, -0.1) is 0 Å². The molecule has 0 aliphatic carbocycles. The first-order valence-electron chi connectivity index (χ1n) is 6.12. The van der Waals surface area contributed by atoms with E-state index in [1.54, 1.807) is 0 Å². The Balaban J connectivity index is 0. The lowest BCUT2D eigenvalue weighted by Gasteiger charge is -2.12. The molecule has 2 heteroatoms. The summed E-state index contributed by atoms with van der Waals surface area (Å²) >= 11 is 0. The van der Waals surface area contributed by atoms with Gasteiger partial charge in [0.2, 0.25) is 0 Å². The fourth-order valence-electron chi connectivity index (χ4n) is 1.50. The number of hydrogen-bond donors (Lipinski definition) is 0. The van der Waals surface area contributed by atoms with Gasteiger partial charge in [-0.25, -0.2) is 0 Å². The van der Waals surface area contributed by atoms with Gasteiger partial charge in [-0.3, -0.25) is 0 Å². The minimum atomic E-state index is -0.657. The zero-order chi connectivity index (χ0) is 11.8. The van der Waals surface area contributed by atoms with Crippen LogP contribution in [0.15, 0.2) is 0 Å². The third kappa shape index (κ3) is 22.9. The van der Waals surface area contributed by atoms with E-state index in [2.05, 4.69) is 53.1 Å². The molecule has 0 fully saturated rings. The Labute approximate surface area is 94.5 Å². The monoisotopic (exact) mass is 232 g/mol. The molecular weight excluding hydrogens is 200 g/mol. The quantitative estimate of drug-likeness (QED) is 0.564. The average Bonchev–Trinajstić information content (AvgIpc) is 1.81. The Morgan fingerprint density at radius 3 is 0.786 bits per heavy atom. The molecule has 0 aromatic heterocycles. The van der Waals surface area contributed by atoms with Gasteiger partial charge in [0.05, 0.1) is 0 Å². The molecule has 0 saturated heterocycles. The van der Waals surface area contributed by atoms with Crippen molar-refractivity contribution < 1.29 is 0 Å². The van der Waals surface area contributed by atoms with Crippen molar-refractivity contribution >= 4 is 16.1 Å². The van der Waals surface area contributed by atoms with Gasteiger partial charge in [-0.1, -0.05) is 78.1 Å². The van der Waals surface area contributed by atoms with Gasteiger partial charge >= 0.3 is 0 Å². The van der Waals surface area contributed by atoms with Gasteiger partial charge < -0.3 is 0 Å². The van der Waals surface area contributed by atoms with Crippen LogP contribution in [0.2, 0.25) is 51.4 Å². The van der Waals surface area contributed by atoms with Gasteiger partial charge in [0, 0.05) is 16.1 Å². The molecular formula is C12H32Si2. The van der Waals surface area contributed by atoms with E-state index in [0.717, 1.165) is 0 Å². The van der Waals surface area contributed by atoms with E-state index >= 15 is 0 Å². The lowest BCUT2D eigenvalue weighted by molar-refractivity contribution is 1.05. The van der Waals surface area contributed by atoms with Crippen molar-refractivity contribution in [1.29, 1.82) is 0 Å². The second-order valence-electron chi connectivity index (χ2n) is 6.62. The Kier molecular flexibility index (Phi) is 9.25. The molecule has 0 N–H and O–H groups in total. The topological polar surface area (TPSA) is 0 Å². The Hall–Kier alpha value is 0.434. The third-order valence-corrected chi connectivity index (χ3v) is 6.00. The molecule has 0 saturated carbocycles. The van der Waals surface area contributed by atoms with Crippen molar-refractivity contribution in [3.63, 3.8) is 0 Å². The van der Waals surface area contributed by atoms with Crippen molar-refractivity contribution in [2.75, 3.05) is 0 Å². The lowest BCUT2D eigenvalue weighted by Crippen LogP contribution is -2.17. The fourth-order valence-corrected chi connectivity index (χ4v) is 4.50. The molecule has 0 spiro atoms. The molecule has 14 heavy (non-hydrogen) atoms. The summed E-state index contributed by atoms with van der Waals surface area (Å²) in [6.07, 6.45) is 2.74. The second kappa shape index (κ2) is 7.69. The van der Waals surface area contributed by atoms with Crippen LogP contribution in [0.5, 0.6) is 0 Å². The van der Waals surface area contributed by atoms with E-state index < -0.39 is 16.1 Å². The van der Waals surface area contributed by atoms with Crippen LogP contribution in [0.25, 0.3) is 0 Å². The number of hydrogen-bond acceptors (Lipinski definition) is 0. The lowest BCUT2D eigenvalue weighted by atomic mass is 10.6. The van der Waals surface area contributed by atoms with Crippen molar-refractivity contribution in [3.05, 3.63) is 0 Å². The van der Waals surface area contributed by atoms with Crippen molar-refractivity contribution in [2.24, 2.45) is 0 Å². The van der Waals surface area contributed by atoms with Crippen LogP contribution >= 0.6 is 0 Å². The third-order valence-electron chi connectivity index (χ3n) is 2.00. The maximum Gasteiger partial charge on any atom is 0.0442 e. The van der Waals surface area contributed by atoms with Crippen LogP contribution < -0.4 is 0 Å². The molecule has 0 aliphatic heterocycles. The highest BCUT2D eigenvalue weighted by molar-refractivity contribution is 6.76. The highest BCUT2D eigenvalue weighted by Gasteiger charge is 2.09. The van der Waals surface area contributed by atoms with E-state index in [9.17, 15) is 0 Å². The first-order valence-corrected chi connectivity index (χ1v) is 13.5. The van der Waals surface area contributed by atoms with Crippen LogP contribution in [0.3, 0.4) is 0 Å². The largest absolute Gasteiger partial charge is 0.0695 e. The summed E-state index contributed by atoms with van der Waals surface area (Å²) in [5.41, 5.74) is 0. The minimum absolute atomic E-state index is 0.657. The maximum absolute atomic E-state index is 2.41. The van der Waals surface area contributed by atoms with E-state index in [1.165, 1.54) is 24.9 Å². The van der Waals surface area contributed by atoms with E-state index in [0.29, 0.717) is 0 Å². The molecule has 88 valence electrons. The molecule has 0 heterocycles. The minimum Gasteiger partial charge on any atom is -0.0695 e. The standard InChI is InChI=1S/2C6H16Si/c2*1-5-6-7(2,3)4/h2*5-6H2,1-4H3. The molecule has 0 aromatic carbocycles. The fraction of sp³-hybridized carbons (Fsp3) is 1.00. The maximum atomic E-state index is 2.41. The average molecular weight is 233 g/mol. The first-order chi connectivity index (χ1) is 6.12. The van der Waals surface area contributed by atoms with Gasteiger partial charge in [0.1, 0.15) is 0 Å². The molecule has 0 unspecified atom stereocenters. The van der Waals surface area contributed by atoms with Crippen LogP contribution in [0.1, 0.15) is 26.7 Å². The van der Waals surface area contributed by atoms with Gasteiger partial charge in [0.15, 0.2) is 0 Å². The molecule has 0 bridgehead atoms. The van der Waals surface area contributed by atoms with E-state index in [-0.39, 0.29) is 0 Å². The summed E-state index contributed by atoms with van der Waals surface area (Å²) in [7, 11) is -1.31. The van der Waals surface area contributed by atoms with Crippen LogP contribution in [0.4, 0.5) is 0 Å².